The highest BCUT2D eigenvalue weighted by Crippen LogP contribution is 2.26. The number of sulfonamides is 1. The Morgan fingerprint density at radius 3 is 2.33 bits per heavy atom. The molecule has 4 rings (SSSR count). The third-order valence-electron chi connectivity index (χ3n) is 7.53. The van der Waals surface area contributed by atoms with Gasteiger partial charge in [-0.25, -0.2) is 8.42 Å². The molecule has 1 N–H and O–H groups in total. The second-order valence-electron chi connectivity index (χ2n) is 10.7. The molecule has 0 heterocycles. The van der Waals surface area contributed by atoms with Gasteiger partial charge in [0.2, 0.25) is 21.8 Å². The van der Waals surface area contributed by atoms with Crippen LogP contribution in [0.15, 0.2) is 78.9 Å². The molecule has 0 aliphatic heterocycles. The molecule has 3 aromatic rings. The normalized spacial score (nSPS) is 14.5. The molecule has 1 aliphatic carbocycles. The predicted octanol–water partition coefficient (Wildman–Crippen LogP) is 5.10. The van der Waals surface area contributed by atoms with Gasteiger partial charge in [-0.2, -0.15) is 0 Å². The summed E-state index contributed by atoms with van der Waals surface area (Å²) in [5, 5.41) is 14.9. The van der Waals surface area contributed by atoms with Crippen LogP contribution < -0.4 is 9.62 Å². The maximum atomic E-state index is 14.2. The highest BCUT2D eigenvalue weighted by molar-refractivity contribution is 7.92. The maximum Gasteiger partial charge on any atom is 0.271 e. The summed E-state index contributed by atoms with van der Waals surface area (Å²) in [6.07, 6.45) is 5.91. The van der Waals surface area contributed by atoms with Crippen LogP contribution >= 0.6 is 11.6 Å². The molecular formula is C31H35ClN4O6S. The first-order chi connectivity index (χ1) is 20.5. The molecule has 43 heavy (non-hydrogen) atoms. The third kappa shape index (κ3) is 8.77. The largest absolute Gasteiger partial charge is 0.352 e. The van der Waals surface area contributed by atoms with Gasteiger partial charge in [0.15, 0.2) is 0 Å². The molecule has 0 unspecified atom stereocenters. The molecule has 1 atom stereocenters. The number of halogens is 1. The van der Waals surface area contributed by atoms with E-state index >= 15 is 0 Å². The first-order valence-electron chi connectivity index (χ1n) is 14.1. The van der Waals surface area contributed by atoms with Crippen LogP contribution in [0, 0.1) is 10.1 Å². The third-order valence-corrected chi connectivity index (χ3v) is 9.04. The highest BCUT2D eigenvalue weighted by atomic mass is 35.5. The average Bonchev–Trinajstić information content (AvgIpc) is 2.99. The summed E-state index contributed by atoms with van der Waals surface area (Å²) in [5.74, 6) is -0.992. The molecule has 228 valence electrons. The second kappa shape index (κ2) is 14.5. The number of benzene rings is 3. The number of nitro benzene ring substituents is 1. The van der Waals surface area contributed by atoms with Gasteiger partial charge in [0.25, 0.3) is 5.69 Å². The molecule has 0 spiro atoms. The number of carbonyl (C=O) groups is 2. The number of nitro groups is 1. The van der Waals surface area contributed by atoms with Crippen molar-refractivity contribution in [2.75, 3.05) is 17.1 Å². The van der Waals surface area contributed by atoms with Crippen molar-refractivity contribution in [3.05, 3.63) is 105 Å². The van der Waals surface area contributed by atoms with Crippen molar-refractivity contribution in [1.82, 2.24) is 10.2 Å². The summed E-state index contributed by atoms with van der Waals surface area (Å²) in [6.45, 7) is -0.729. The lowest BCUT2D eigenvalue weighted by Gasteiger charge is -2.35. The quantitative estimate of drug-likeness (QED) is 0.220. The zero-order valence-electron chi connectivity index (χ0n) is 23.9. The standard InChI is InChI=1S/C31H35ClN4O6S/c1-43(41,42)35(26-16-10-17-27(20-26)36(39)40)22-30(37)34(21-24-13-8-9-18-28(24)32)29(19-23-11-4-2-5-12-23)31(38)33-25-14-6-3-7-15-25/h2,4-5,8-13,16-18,20,25,29H,3,6-7,14-15,19,21-22H2,1H3,(H,33,38)/t29-/m0/s1. The number of nitrogens with zero attached hydrogens (tertiary/aromatic N) is 3. The number of hydrogen-bond acceptors (Lipinski definition) is 6. The Morgan fingerprint density at radius 1 is 1.00 bits per heavy atom. The van der Waals surface area contributed by atoms with E-state index < -0.39 is 33.4 Å². The van der Waals surface area contributed by atoms with E-state index in [0.717, 1.165) is 54.3 Å². The Balaban J connectivity index is 1.74. The fourth-order valence-corrected chi connectivity index (χ4v) is 6.32. The van der Waals surface area contributed by atoms with Gasteiger partial charge in [-0.15, -0.1) is 0 Å². The van der Waals surface area contributed by atoms with Gasteiger partial charge >= 0.3 is 0 Å². The summed E-state index contributed by atoms with van der Waals surface area (Å²) in [4.78, 5) is 40.3. The minimum Gasteiger partial charge on any atom is -0.352 e. The zero-order valence-corrected chi connectivity index (χ0v) is 25.5. The Kier molecular flexibility index (Phi) is 10.8. The van der Waals surface area contributed by atoms with Crippen LogP contribution in [0.5, 0.6) is 0 Å². The van der Waals surface area contributed by atoms with Crippen LogP contribution in [-0.2, 0) is 32.6 Å². The van der Waals surface area contributed by atoms with Crippen molar-refractivity contribution < 1.29 is 22.9 Å². The molecule has 12 heteroatoms. The molecular weight excluding hydrogens is 592 g/mol. The Bertz CT molecular complexity index is 1550. The molecule has 0 bridgehead atoms. The van der Waals surface area contributed by atoms with Crippen molar-refractivity contribution in [1.29, 1.82) is 0 Å². The average molecular weight is 627 g/mol. The molecule has 1 saturated carbocycles. The number of rotatable bonds is 12. The van der Waals surface area contributed by atoms with Gasteiger partial charge in [0, 0.05) is 36.2 Å². The second-order valence-corrected chi connectivity index (χ2v) is 13.0. The minimum atomic E-state index is -4.06. The first-order valence-corrected chi connectivity index (χ1v) is 16.3. The lowest BCUT2D eigenvalue weighted by molar-refractivity contribution is -0.384. The predicted molar refractivity (Wildman–Crippen MR) is 166 cm³/mol. The molecule has 10 nitrogen and oxygen atoms in total. The highest BCUT2D eigenvalue weighted by Gasteiger charge is 2.34. The van der Waals surface area contributed by atoms with Crippen molar-refractivity contribution in [2.45, 2.75) is 57.2 Å². The summed E-state index contributed by atoms with van der Waals surface area (Å²) in [6, 6.07) is 20.3. The lowest BCUT2D eigenvalue weighted by atomic mass is 9.94. The van der Waals surface area contributed by atoms with Crippen molar-refractivity contribution in [3.63, 3.8) is 0 Å². The van der Waals surface area contributed by atoms with E-state index in [9.17, 15) is 28.1 Å². The summed E-state index contributed by atoms with van der Waals surface area (Å²) >= 11 is 6.49. The van der Waals surface area contributed by atoms with E-state index in [0.29, 0.717) is 10.6 Å². The number of hydrogen-bond donors (Lipinski definition) is 1. The van der Waals surface area contributed by atoms with Crippen molar-refractivity contribution in [2.24, 2.45) is 0 Å². The molecule has 0 radical (unpaired) electrons. The van der Waals surface area contributed by atoms with Crippen molar-refractivity contribution in [3.8, 4) is 0 Å². The van der Waals surface area contributed by atoms with Crippen LogP contribution in [0.25, 0.3) is 0 Å². The Hall–Kier alpha value is -3.96. The van der Waals surface area contributed by atoms with Crippen LogP contribution in [0.2, 0.25) is 5.02 Å². The van der Waals surface area contributed by atoms with Gasteiger partial charge in [-0.3, -0.25) is 24.0 Å². The Morgan fingerprint density at radius 2 is 1.67 bits per heavy atom. The Labute approximate surface area is 256 Å². The van der Waals surface area contributed by atoms with Crippen molar-refractivity contribution >= 4 is 44.8 Å². The number of non-ortho nitro benzene ring substituents is 1. The monoisotopic (exact) mass is 626 g/mol. The van der Waals surface area contributed by atoms with E-state index in [1.54, 1.807) is 24.3 Å². The molecule has 2 amide bonds. The van der Waals surface area contributed by atoms with Gasteiger partial charge in [-0.05, 0) is 36.1 Å². The number of nitrogens with one attached hydrogen (secondary N) is 1. The topological polar surface area (TPSA) is 130 Å². The smallest absolute Gasteiger partial charge is 0.271 e. The fraction of sp³-hybridized carbons (Fsp3) is 0.355. The van der Waals surface area contributed by atoms with E-state index in [-0.39, 0.29) is 36.3 Å². The minimum absolute atomic E-state index is 0.0193. The maximum absolute atomic E-state index is 14.2. The molecule has 0 saturated heterocycles. The van der Waals surface area contributed by atoms with Gasteiger partial charge < -0.3 is 10.2 Å². The molecule has 3 aromatic carbocycles. The van der Waals surface area contributed by atoms with Crippen LogP contribution in [0.1, 0.15) is 43.2 Å². The van der Waals surface area contributed by atoms with Gasteiger partial charge in [0.05, 0.1) is 16.9 Å². The summed E-state index contributed by atoms with van der Waals surface area (Å²) < 4.78 is 26.7. The molecule has 1 aliphatic rings. The fourth-order valence-electron chi connectivity index (χ4n) is 5.28. The van der Waals surface area contributed by atoms with Gasteiger partial charge in [-0.1, -0.05) is 85.5 Å². The van der Waals surface area contributed by atoms with Gasteiger partial charge in [0.1, 0.15) is 12.6 Å². The summed E-state index contributed by atoms with van der Waals surface area (Å²) in [7, 11) is -4.06. The summed E-state index contributed by atoms with van der Waals surface area (Å²) in [5.41, 5.74) is 1.05. The van der Waals surface area contributed by atoms with E-state index in [1.807, 2.05) is 30.3 Å². The van der Waals surface area contributed by atoms with Crippen LogP contribution in [-0.4, -0.2) is 54.9 Å². The number of carbonyl (C=O) groups excluding carboxylic acids is 2. The first kappa shape index (κ1) is 32.0. The lowest BCUT2D eigenvalue weighted by Crippen LogP contribution is -2.55. The van der Waals surface area contributed by atoms with Crippen LogP contribution in [0.4, 0.5) is 11.4 Å². The zero-order chi connectivity index (χ0) is 31.0. The van der Waals surface area contributed by atoms with E-state index in [2.05, 4.69) is 5.32 Å². The van der Waals surface area contributed by atoms with E-state index in [1.165, 1.54) is 23.1 Å². The van der Waals surface area contributed by atoms with Crippen LogP contribution in [0.3, 0.4) is 0 Å². The number of anilines is 1. The number of amides is 2. The van der Waals surface area contributed by atoms with E-state index in [4.69, 9.17) is 11.6 Å². The molecule has 1 fully saturated rings. The molecule has 0 aromatic heterocycles. The SMILES string of the molecule is CS(=O)(=O)N(CC(=O)N(Cc1ccccc1Cl)[C@@H](Cc1ccccc1)C(=O)NC1CCCCC1)c1cccc([N+](=O)[O-])c1.